The highest BCUT2D eigenvalue weighted by Gasteiger charge is 2.31. The number of hydrogen-bond donors (Lipinski definition) is 2. The van der Waals surface area contributed by atoms with E-state index in [1.807, 2.05) is 50.7 Å². The molecule has 0 aliphatic heterocycles. The molecule has 2 rings (SSSR count). The van der Waals surface area contributed by atoms with Gasteiger partial charge < -0.3 is 20.2 Å². The van der Waals surface area contributed by atoms with Gasteiger partial charge in [-0.3, -0.25) is 4.79 Å². The number of aliphatic hydroxyl groups is 1. The Labute approximate surface area is 175 Å². The van der Waals surface area contributed by atoms with Crippen LogP contribution in [0, 0.1) is 11.2 Å². The molecule has 0 heterocycles. The Morgan fingerprint density at radius 3 is 2.28 bits per heavy atom. The Morgan fingerprint density at radius 2 is 1.83 bits per heavy atom. The quantitative estimate of drug-likeness (QED) is 0.638. The number of halogens is 1. The molecule has 0 saturated heterocycles. The fraction of sp³-hybridized carbons (Fsp3) is 0.696. The summed E-state index contributed by atoms with van der Waals surface area (Å²) in [6.45, 7) is 9.73. The Balaban J connectivity index is 2.38. The summed E-state index contributed by atoms with van der Waals surface area (Å²) in [5.74, 6) is -0.337. The third-order valence-corrected chi connectivity index (χ3v) is 5.22. The molecule has 0 spiro atoms. The molecule has 1 saturated carbocycles. The Kier molecular flexibility index (Phi) is 7.20. The molecule has 6 heteroatoms. The van der Waals surface area contributed by atoms with E-state index in [0.29, 0.717) is 17.7 Å². The summed E-state index contributed by atoms with van der Waals surface area (Å²) in [4.78, 5) is 16.3. The predicted molar refractivity (Wildman–Crippen MR) is 118 cm³/mol. The molecule has 2 N–H and O–H groups in total. The molecule has 0 atom stereocenters. The number of anilines is 2. The number of amides is 1. The third-order valence-electron chi connectivity index (χ3n) is 5.22. The molecular weight excluding hydrogens is 369 g/mol. The summed E-state index contributed by atoms with van der Waals surface area (Å²) < 4.78 is 15.7. The van der Waals surface area contributed by atoms with Crippen molar-refractivity contribution in [2.75, 3.05) is 30.6 Å². The van der Waals surface area contributed by atoms with Gasteiger partial charge in [-0.25, -0.2) is 4.39 Å². The van der Waals surface area contributed by atoms with Crippen molar-refractivity contribution in [3.8, 4) is 0 Å². The first-order chi connectivity index (χ1) is 13.3. The van der Waals surface area contributed by atoms with Gasteiger partial charge in [0, 0.05) is 33.0 Å². The lowest BCUT2D eigenvalue weighted by Gasteiger charge is -2.41. The van der Waals surface area contributed by atoms with Crippen LogP contribution in [0.4, 0.5) is 15.8 Å². The Morgan fingerprint density at radius 1 is 1.21 bits per heavy atom. The van der Waals surface area contributed by atoms with E-state index in [1.54, 1.807) is 19.9 Å². The minimum absolute atomic E-state index is 0.0266. The van der Waals surface area contributed by atoms with Gasteiger partial charge in [-0.15, -0.1) is 0 Å². The predicted octanol–water partition coefficient (Wildman–Crippen LogP) is 4.07. The van der Waals surface area contributed by atoms with Crippen LogP contribution in [0.15, 0.2) is 12.1 Å². The molecule has 0 aromatic heterocycles. The molecule has 1 aliphatic rings. The zero-order valence-electron chi connectivity index (χ0n) is 19.1. The Bertz CT molecular complexity index is 716. The monoisotopic (exact) mass is 407 g/mol. The van der Waals surface area contributed by atoms with Crippen LogP contribution in [0.25, 0.3) is 0 Å². The van der Waals surface area contributed by atoms with E-state index in [9.17, 15) is 9.90 Å². The van der Waals surface area contributed by atoms with Gasteiger partial charge >= 0.3 is 0 Å². The molecule has 0 unspecified atom stereocenters. The molecule has 29 heavy (non-hydrogen) atoms. The van der Waals surface area contributed by atoms with Gasteiger partial charge in [-0.05, 0) is 50.2 Å². The van der Waals surface area contributed by atoms with Crippen LogP contribution in [0.2, 0.25) is 0 Å². The van der Waals surface area contributed by atoms with Gasteiger partial charge in [0.05, 0.1) is 23.6 Å². The third kappa shape index (κ3) is 6.59. The number of benzene rings is 1. The summed E-state index contributed by atoms with van der Waals surface area (Å²) in [5.41, 5.74) is 0.679. The van der Waals surface area contributed by atoms with Gasteiger partial charge in [0.2, 0.25) is 5.91 Å². The number of hydrogen-bond acceptors (Lipinski definition) is 4. The number of carbonyl (C=O) groups excluding carboxylic acids is 1. The largest absolute Gasteiger partial charge is 0.390 e. The maximum absolute atomic E-state index is 15.7. The van der Waals surface area contributed by atoms with Crippen LogP contribution >= 0.6 is 0 Å². The lowest BCUT2D eigenvalue weighted by molar-refractivity contribution is -0.122. The molecule has 1 amide bonds. The highest BCUT2D eigenvalue weighted by Crippen LogP contribution is 2.39. The maximum Gasteiger partial charge on any atom is 0.221 e. The van der Waals surface area contributed by atoms with Gasteiger partial charge in [0.1, 0.15) is 0 Å². The normalized spacial score (nSPS) is 15.1. The second-order valence-corrected chi connectivity index (χ2v) is 10.3. The molecular formula is C23H38FN3O2. The number of rotatable bonds is 8. The van der Waals surface area contributed by atoms with Crippen molar-refractivity contribution in [1.82, 2.24) is 5.32 Å². The van der Waals surface area contributed by atoms with Crippen LogP contribution in [-0.4, -0.2) is 43.4 Å². The lowest BCUT2D eigenvalue weighted by atomic mass is 9.90. The topological polar surface area (TPSA) is 55.8 Å². The van der Waals surface area contributed by atoms with E-state index in [-0.39, 0.29) is 36.3 Å². The summed E-state index contributed by atoms with van der Waals surface area (Å²) >= 11 is 0. The van der Waals surface area contributed by atoms with Gasteiger partial charge in [0.25, 0.3) is 0 Å². The summed E-state index contributed by atoms with van der Waals surface area (Å²) in [5, 5.41) is 13.2. The first-order valence-electron chi connectivity index (χ1n) is 10.5. The van der Waals surface area contributed by atoms with E-state index in [2.05, 4.69) is 5.32 Å². The van der Waals surface area contributed by atoms with Crippen molar-refractivity contribution in [3.05, 3.63) is 23.5 Å². The van der Waals surface area contributed by atoms with Crippen molar-refractivity contribution >= 4 is 17.3 Å². The summed E-state index contributed by atoms with van der Waals surface area (Å²) in [6, 6.07) is 3.86. The van der Waals surface area contributed by atoms with Crippen molar-refractivity contribution in [2.45, 2.75) is 78.4 Å². The van der Waals surface area contributed by atoms with Crippen LogP contribution < -0.4 is 15.1 Å². The molecule has 164 valence electrons. The first-order valence-corrected chi connectivity index (χ1v) is 10.5. The number of nitrogens with zero attached hydrogens (tertiary/aromatic N) is 2. The Hall–Kier alpha value is -1.82. The first kappa shape index (κ1) is 23.5. The van der Waals surface area contributed by atoms with E-state index in [4.69, 9.17) is 0 Å². The molecule has 1 aromatic rings. The molecule has 1 fully saturated rings. The molecule has 0 bridgehead atoms. The second kappa shape index (κ2) is 8.90. The lowest BCUT2D eigenvalue weighted by Crippen LogP contribution is -2.48. The summed E-state index contributed by atoms with van der Waals surface area (Å²) in [6.07, 6.45) is 3.73. The van der Waals surface area contributed by atoms with Crippen molar-refractivity contribution in [1.29, 1.82) is 0 Å². The zero-order chi connectivity index (χ0) is 22.0. The van der Waals surface area contributed by atoms with E-state index in [1.165, 1.54) is 0 Å². The van der Waals surface area contributed by atoms with Crippen LogP contribution in [0.5, 0.6) is 0 Å². The van der Waals surface area contributed by atoms with Gasteiger partial charge in [-0.2, -0.15) is 0 Å². The van der Waals surface area contributed by atoms with Crippen molar-refractivity contribution in [2.24, 2.45) is 5.41 Å². The fourth-order valence-corrected chi connectivity index (χ4v) is 3.64. The average Bonchev–Trinajstić information content (AvgIpc) is 2.48. The highest BCUT2D eigenvalue weighted by molar-refractivity contribution is 5.78. The van der Waals surface area contributed by atoms with E-state index in [0.717, 1.165) is 24.9 Å². The second-order valence-electron chi connectivity index (χ2n) is 10.3. The van der Waals surface area contributed by atoms with Crippen LogP contribution in [0.1, 0.15) is 65.9 Å². The van der Waals surface area contributed by atoms with Gasteiger partial charge in [-0.1, -0.05) is 26.8 Å². The number of carbonyl (C=O) groups is 1. The average molecular weight is 408 g/mol. The molecule has 5 nitrogen and oxygen atoms in total. The smallest absolute Gasteiger partial charge is 0.221 e. The van der Waals surface area contributed by atoms with Crippen molar-refractivity contribution in [3.63, 3.8) is 0 Å². The summed E-state index contributed by atoms with van der Waals surface area (Å²) in [7, 11) is 3.79. The molecule has 1 aliphatic carbocycles. The van der Waals surface area contributed by atoms with E-state index >= 15 is 4.39 Å². The molecule has 0 radical (unpaired) electrons. The number of nitrogens with one attached hydrogen (secondary N) is 1. The molecule has 1 aromatic carbocycles. The minimum atomic E-state index is -1.00. The highest BCUT2D eigenvalue weighted by atomic mass is 19.1. The van der Waals surface area contributed by atoms with Crippen molar-refractivity contribution < 1.29 is 14.3 Å². The van der Waals surface area contributed by atoms with Crippen LogP contribution in [-0.2, 0) is 11.2 Å². The maximum atomic E-state index is 15.7. The zero-order valence-corrected chi connectivity index (χ0v) is 19.1. The standard InChI is InChI=1S/C23H38FN3O2/c1-22(2,3)14-19(28)25-15-27(17-9-8-10-17)21-18(26(6)7)12-11-16(20(21)24)13-23(4,5)29/h11-12,17,29H,8-10,13-15H2,1-7H3,(H,25,28). The van der Waals surface area contributed by atoms with Crippen LogP contribution in [0.3, 0.4) is 0 Å². The fourth-order valence-electron chi connectivity index (χ4n) is 3.64. The SMILES string of the molecule is CN(C)c1ccc(CC(C)(C)O)c(F)c1N(CNC(=O)CC(C)(C)C)C1CCC1. The minimum Gasteiger partial charge on any atom is -0.390 e. The van der Waals surface area contributed by atoms with E-state index < -0.39 is 5.60 Å². The van der Waals surface area contributed by atoms with Gasteiger partial charge in [0.15, 0.2) is 5.82 Å².